The molecule has 4 rings (SSSR count). The van der Waals surface area contributed by atoms with E-state index in [0.29, 0.717) is 16.9 Å². The normalized spacial score (nSPS) is 18.4. The number of anilines is 2. The molecule has 2 aromatic rings. The van der Waals surface area contributed by atoms with Crippen LogP contribution in [0.25, 0.3) is 0 Å². The lowest BCUT2D eigenvalue weighted by Crippen LogP contribution is -2.64. The van der Waals surface area contributed by atoms with Crippen LogP contribution in [0.4, 0.5) is 16.2 Å². The summed E-state index contributed by atoms with van der Waals surface area (Å²) in [5, 5.41) is 8.92. The highest BCUT2D eigenvalue weighted by atomic mass is 16.5. The van der Waals surface area contributed by atoms with Crippen LogP contribution >= 0.6 is 0 Å². The molecule has 0 N–H and O–H groups in total. The number of aryl methyl sites for hydroxylation is 1. The molecule has 2 heterocycles. The van der Waals surface area contributed by atoms with Gasteiger partial charge in [0.05, 0.1) is 30.5 Å². The van der Waals surface area contributed by atoms with Crippen LogP contribution in [0.3, 0.4) is 0 Å². The van der Waals surface area contributed by atoms with Crippen molar-refractivity contribution < 1.29 is 14.3 Å². The number of rotatable bonds is 2. The predicted molar refractivity (Wildman–Crippen MR) is 91.2 cm³/mol. The van der Waals surface area contributed by atoms with Gasteiger partial charge in [-0.1, -0.05) is 17.7 Å². The van der Waals surface area contributed by atoms with E-state index in [2.05, 4.69) is 0 Å². The van der Waals surface area contributed by atoms with Crippen LogP contribution in [0.2, 0.25) is 0 Å². The molecule has 0 radical (unpaired) electrons. The first-order chi connectivity index (χ1) is 12.1. The molecule has 1 spiro atoms. The Morgan fingerprint density at radius 1 is 1.00 bits per heavy atom. The molecule has 0 saturated carbocycles. The molecule has 2 saturated heterocycles. The standard InChI is InChI=1S/C19H15N3O3/c1-13-2-6-16(7-3-13)22-18(24)21(17(23)19(22)11-25-12-19)15-8-4-14(10-20)5-9-15/h2-9H,11-12H2,1H3. The van der Waals surface area contributed by atoms with E-state index in [1.165, 1.54) is 9.80 Å². The maximum atomic E-state index is 13.1. The second kappa shape index (κ2) is 5.43. The number of ether oxygens (including phenoxy) is 1. The van der Waals surface area contributed by atoms with Gasteiger partial charge in [0.25, 0.3) is 5.91 Å². The van der Waals surface area contributed by atoms with Crippen LogP contribution in [-0.4, -0.2) is 30.7 Å². The van der Waals surface area contributed by atoms with Crippen molar-refractivity contribution >= 4 is 23.3 Å². The second-order valence-corrected chi connectivity index (χ2v) is 6.28. The zero-order valence-corrected chi connectivity index (χ0v) is 13.6. The van der Waals surface area contributed by atoms with Gasteiger partial charge in [-0.3, -0.25) is 9.69 Å². The van der Waals surface area contributed by atoms with Crippen LogP contribution in [0.15, 0.2) is 48.5 Å². The molecule has 2 aromatic carbocycles. The molecule has 25 heavy (non-hydrogen) atoms. The summed E-state index contributed by atoms with van der Waals surface area (Å²) >= 11 is 0. The Bertz CT molecular complexity index is 893. The predicted octanol–water partition coefficient (Wildman–Crippen LogP) is 2.61. The highest BCUT2D eigenvalue weighted by Gasteiger charge is 2.62. The lowest BCUT2D eigenvalue weighted by atomic mass is 9.94. The molecule has 0 aliphatic carbocycles. The Balaban J connectivity index is 1.78. The maximum Gasteiger partial charge on any atom is 0.337 e. The Morgan fingerprint density at radius 2 is 1.60 bits per heavy atom. The van der Waals surface area contributed by atoms with Crippen molar-refractivity contribution in [1.29, 1.82) is 5.26 Å². The van der Waals surface area contributed by atoms with Crippen LogP contribution in [0.1, 0.15) is 11.1 Å². The Labute approximate surface area is 144 Å². The van der Waals surface area contributed by atoms with Gasteiger partial charge in [0.15, 0.2) is 5.54 Å². The van der Waals surface area contributed by atoms with Crippen molar-refractivity contribution in [2.45, 2.75) is 12.5 Å². The fraction of sp³-hybridized carbons (Fsp3) is 0.211. The first-order valence-electron chi connectivity index (χ1n) is 7.90. The number of amides is 3. The molecule has 3 amide bonds. The van der Waals surface area contributed by atoms with Crippen molar-refractivity contribution in [3.63, 3.8) is 0 Å². The highest BCUT2D eigenvalue weighted by Crippen LogP contribution is 2.40. The quantitative estimate of drug-likeness (QED) is 0.792. The molecular formula is C19H15N3O3. The molecule has 0 aromatic heterocycles. The summed E-state index contributed by atoms with van der Waals surface area (Å²) in [5.41, 5.74) is 1.68. The topological polar surface area (TPSA) is 73.6 Å². The lowest BCUT2D eigenvalue weighted by molar-refractivity contribution is -0.136. The van der Waals surface area contributed by atoms with E-state index in [1.807, 2.05) is 37.3 Å². The van der Waals surface area contributed by atoms with E-state index in [4.69, 9.17) is 10.00 Å². The van der Waals surface area contributed by atoms with Crippen LogP contribution < -0.4 is 9.80 Å². The van der Waals surface area contributed by atoms with Gasteiger partial charge in [-0.2, -0.15) is 5.26 Å². The smallest absolute Gasteiger partial charge is 0.337 e. The largest absolute Gasteiger partial charge is 0.375 e. The van der Waals surface area contributed by atoms with Gasteiger partial charge < -0.3 is 4.74 Å². The fourth-order valence-electron chi connectivity index (χ4n) is 3.19. The third-order valence-electron chi connectivity index (χ3n) is 4.64. The van der Waals surface area contributed by atoms with E-state index in [-0.39, 0.29) is 19.1 Å². The average molecular weight is 333 g/mol. The van der Waals surface area contributed by atoms with Gasteiger partial charge in [-0.05, 0) is 43.3 Å². The highest BCUT2D eigenvalue weighted by molar-refractivity contribution is 6.31. The number of benzene rings is 2. The monoisotopic (exact) mass is 333 g/mol. The van der Waals surface area contributed by atoms with Crippen molar-refractivity contribution in [3.8, 4) is 6.07 Å². The number of hydrogen-bond donors (Lipinski definition) is 0. The summed E-state index contributed by atoms with van der Waals surface area (Å²) in [6, 6.07) is 15.5. The molecular weight excluding hydrogens is 318 g/mol. The van der Waals surface area contributed by atoms with Crippen LogP contribution in [-0.2, 0) is 9.53 Å². The Kier molecular flexibility index (Phi) is 3.34. The summed E-state index contributed by atoms with van der Waals surface area (Å²) in [7, 11) is 0. The minimum atomic E-state index is -0.986. The average Bonchev–Trinajstić information content (AvgIpc) is 2.83. The first kappa shape index (κ1) is 15.4. The molecule has 2 aliphatic heterocycles. The van der Waals surface area contributed by atoms with Gasteiger partial charge in [0.1, 0.15) is 0 Å². The van der Waals surface area contributed by atoms with Crippen molar-refractivity contribution in [1.82, 2.24) is 0 Å². The van der Waals surface area contributed by atoms with Crippen molar-refractivity contribution in [2.24, 2.45) is 0 Å². The number of carbonyl (C=O) groups excluding carboxylic acids is 2. The molecule has 0 bridgehead atoms. The molecule has 0 unspecified atom stereocenters. The third kappa shape index (κ3) is 2.13. The number of nitriles is 1. The van der Waals surface area contributed by atoms with Crippen molar-refractivity contribution in [3.05, 3.63) is 59.7 Å². The zero-order valence-electron chi connectivity index (χ0n) is 13.6. The Morgan fingerprint density at radius 3 is 2.12 bits per heavy atom. The summed E-state index contributed by atoms with van der Waals surface area (Å²) in [6.07, 6.45) is 0. The summed E-state index contributed by atoms with van der Waals surface area (Å²) in [5.74, 6) is -0.297. The van der Waals surface area contributed by atoms with E-state index < -0.39 is 11.6 Å². The fourth-order valence-corrected chi connectivity index (χ4v) is 3.19. The molecule has 124 valence electrons. The van der Waals surface area contributed by atoms with Crippen LogP contribution in [0, 0.1) is 18.3 Å². The SMILES string of the molecule is Cc1ccc(N2C(=O)N(c3ccc(C#N)cc3)C(=O)C23COC3)cc1. The lowest BCUT2D eigenvalue weighted by Gasteiger charge is -2.41. The molecule has 0 atom stereocenters. The summed E-state index contributed by atoms with van der Waals surface area (Å²) in [6.45, 7) is 2.32. The van der Waals surface area contributed by atoms with Gasteiger partial charge in [0.2, 0.25) is 0 Å². The zero-order chi connectivity index (χ0) is 17.6. The first-order valence-corrected chi connectivity index (χ1v) is 7.90. The number of hydrogen-bond acceptors (Lipinski definition) is 4. The van der Waals surface area contributed by atoms with Gasteiger partial charge >= 0.3 is 6.03 Å². The molecule has 2 aliphatic rings. The van der Waals surface area contributed by atoms with E-state index in [1.54, 1.807) is 24.3 Å². The molecule has 6 nitrogen and oxygen atoms in total. The van der Waals surface area contributed by atoms with E-state index in [9.17, 15) is 9.59 Å². The summed E-state index contributed by atoms with van der Waals surface area (Å²) in [4.78, 5) is 28.8. The minimum absolute atomic E-state index is 0.179. The number of carbonyl (C=O) groups is 2. The van der Waals surface area contributed by atoms with E-state index in [0.717, 1.165) is 5.56 Å². The van der Waals surface area contributed by atoms with Crippen LogP contribution in [0.5, 0.6) is 0 Å². The second-order valence-electron chi connectivity index (χ2n) is 6.28. The number of urea groups is 1. The Hall–Kier alpha value is -3.17. The maximum absolute atomic E-state index is 13.1. The van der Waals surface area contributed by atoms with Gasteiger partial charge in [-0.15, -0.1) is 0 Å². The molecule has 6 heteroatoms. The van der Waals surface area contributed by atoms with E-state index >= 15 is 0 Å². The minimum Gasteiger partial charge on any atom is -0.375 e. The van der Waals surface area contributed by atoms with Gasteiger partial charge in [-0.25, -0.2) is 9.69 Å². The number of nitrogens with zero attached hydrogens (tertiary/aromatic N) is 3. The van der Waals surface area contributed by atoms with Crippen molar-refractivity contribution in [2.75, 3.05) is 23.0 Å². The number of imide groups is 1. The third-order valence-corrected chi connectivity index (χ3v) is 4.64. The summed E-state index contributed by atoms with van der Waals surface area (Å²) < 4.78 is 5.29. The molecule has 2 fully saturated rings. The van der Waals surface area contributed by atoms with Gasteiger partial charge in [0, 0.05) is 5.69 Å².